The van der Waals surface area contributed by atoms with Crippen LogP contribution in [-0.4, -0.2) is 20.5 Å². The fourth-order valence-electron chi connectivity index (χ4n) is 1.78. The highest BCUT2D eigenvalue weighted by atomic mass is 35.5. The maximum Gasteiger partial charge on any atom is 0.534 e. The number of benzene rings is 1. The van der Waals surface area contributed by atoms with E-state index in [0.717, 1.165) is 6.07 Å². The Bertz CT molecular complexity index is 601. The Morgan fingerprint density at radius 2 is 1.95 bits per heavy atom. The van der Waals surface area contributed by atoms with Crippen molar-refractivity contribution in [1.82, 2.24) is 5.32 Å². The molecule has 1 aromatic carbocycles. The van der Waals surface area contributed by atoms with Crippen LogP contribution < -0.4 is 9.50 Å². The molecule has 0 bridgehead atoms. The molecule has 0 aromatic heterocycles. The van der Waals surface area contributed by atoms with Crippen LogP contribution in [0.1, 0.15) is 11.1 Å². The van der Waals surface area contributed by atoms with E-state index >= 15 is 0 Å². The molecule has 1 aliphatic heterocycles. The van der Waals surface area contributed by atoms with E-state index in [-0.39, 0.29) is 12.3 Å². The maximum atomic E-state index is 12.3. The van der Waals surface area contributed by atoms with Crippen molar-refractivity contribution in [3.05, 3.63) is 28.3 Å². The van der Waals surface area contributed by atoms with Crippen LogP contribution >= 0.6 is 11.6 Å². The molecule has 1 N–H and O–H groups in total. The molecule has 1 aromatic rings. The van der Waals surface area contributed by atoms with Crippen molar-refractivity contribution in [2.24, 2.45) is 0 Å². The zero-order valence-electron chi connectivity index (χ0n) is 9.42. The lowest BCUT2D eigenvalue weighted by atomic mass is 10.0. The number of rotatable bonds is 2. The number of fused-ring (bicyclic) bond motifs is 1. The minimum absolute atomic E-state index is 0.207. The van der Waals surface area contributed by atoms with Crippen LogP contribution in [0.25, 0.3) is 0 Å². The van der Waals surface area contributed by atoms with Gasteiger partial charge in [-0.25, -0.2) is 0 Å². The second-order valence-electron chi connectivity index (χ2n) is 3.91. The average Bonchev–Trinajstić information content (AvgIpc) is 2.32. The summed E-state index contributed by atoms with van der Waals surface area (Å²) in [4.78, 5) is 0. The topological polar surface area (TPSA) is 55.4 Å². The van der Waals surface area contributed by atoms with E-state index in [1.165, 1.54) is 6.07 Å². The molecule has 19 heavy (non-hydrogen) atoms. The minimum Gasteiger partial charge on any atom is -0.376 e. The smallest absolute Gasteiger partial charge is 0.376 e. The van der Waals surface area contributed by atoms with Crippen molar-refractivity contribution in [2.45, 2.75) is 18.5 Å². The lowest BCUT2D eigenvalue weighted by molar-refractivity contribution is -0.0500. The largest absolute Gasteiger partial charge is 0.534 e. The summed E-state index contributed by atoms with van der Waals surface area (Å²) in [6.45, 7) is 0.820. The normalized spacial score (nSPS) is 16.0. The van der Waals surface area contributed by atoms with E-state index in [2.05, 4.69) is 9.50 Å². The highest BCUT2D eigenvalue weighted by molar-refractivity contribution is 7.88. The number of hydrogen-bond acceptors (Lipinski definition) is 4. The molecule has 2 rings (SSSR count). The predicted molar refractivity (Wildman–Crippen MR) is 62.5 cm³/mol. The van der Waals surface area contributed by atoms with E-state index in [1.807, 2.05) is 0 Å². The molecule has 1 heterocycles. The second kappa shape index (κ2) is 4.84. The van der Waals surface area contributed by atoms with Gasteiger partial charge in [-0.05, 0) is 30.7 Å². The first-order chi connectivity index (χ1) is 8.72. The molecule has 1 aliphatic rings. The Kier molecular flexibility index (Phi) is 3.67. The summed E-state index contributed by atoms with van der Waals surface area (Å²) in [5.74, 6) is -0.344. The molecule has 0 saturated heterocycles. The Hall–Kier alpha value is -0.990. The van der Waals surface area contributed by atoms with Gasteiger partial charge in [-0.2, -0.15) is 21.6 Å². The molecule has 0 atom stereocenters. The molecule has 9 heteroatoms. The molecule has 0 unspecified atom stereocenters. The molecule has 0 spiro atoms. The third-order valence-corrected chi connectivity index (χ3v) is 3.99. The van der Waals surface area contributed by atoms with Crippen LogP contribution in [0.3, 0.4) is 0 Å². The zero-order chi connectivity index (χ0) is 14.3. The predicted octanol–water partition coefficient (Wildman–Crippen LogP) is 2.21. The summed E-state index contributed by atoms with van der Waals surface area (Å²) in [5.41, 5.74) is -4.51. The average molecular weight is 316 g/mol. The summed E-state index contributed by atoms with van der Waals surface area (Å²) in [6, 6.07) is 2.45. The highest BCUT2D eigenvalue weighted by Gasteiger charge is 2.48. The summed E-state index contributed by atoms with van der Waals surface area (Å²) < 4.78 is 63.0. The molecule has 4 nitrogen and oxygen atoms in total. The summed E-state index contributed by atoms with van der Waals surface area (Å²) >= 11 is 5.92. The van der Waals surface area contributed by atoms with Crippen molar-refractivity contribution >= 4 is 21.7 Å². The van der Waals surface area contributed by atoms with Gasteiger partial charge in [0.15, 0.2) is 0 Å². The molecule has 0 fully saturated rings. The van der Waals surface area contributed by atoms with Gasteiger partial charge in [0.2, 0.25) is 0 Å². The number of halogens is 4. The zero-order valence-corrected chi connectivity index (χ0v) is 11.0. The maximum absolute atomic E-state index is 12.3. The third-order valence-electron chi connectivity index (χ3n) is 2.67. The van der Waals surface area contributed by atoms with Crippen molar-refractivity contribution in [2.75, 3.05) is 6.54 Å². The molecule has 0 radical (unpaired) electrons. The quantitative estimate of drug-likeness (QED) is 0.671. The molecule has 0 aliphatic carbocycles. The molecule has 0 saturated carbocycles. The molecule has 0 amide bonds. The fourth-order valence-corrected chi connectivity index (χ4v) is 2.54. The molecular weight excluding hydrogens is 307 g/mol. The summed E-state index contributed by atoms with van der Waals surface area (Å²) in [6.07, 6.45) is 0.497. The third kappa shape index (κ3) is 2.80. The Balaban J connectivity index is 2.43. The lowest BCUT2D eigenvalue weighted by Crippen LogP contribution is -2.30. The SMILES string of the molecule is O=S(=O)(Oc1ccc(Cl)c2c1CNCC2)C(F)(F)F. The molecular formula is C10H9ClF3NO3S. The Morgan fingerprint density at radius 1 is 1.26 bits per heavy atom. The van der Waals surface area contributed by atoms with E-state index < -0.39 is 15.6 Å². The van der Waals surface area contributed by atoms with Gasteiger partial charge in [-0.3, -0.25) is 0 Å². The van der Waals surface area contributed by atoms with Gasteiger partial charge in [0.1, 0.15) is 5.75 Å². The van der Waals surface area contributed by atoms with Gasteiger partial charge in [0, 0.05) is 17.1 Å². The van der Waals surface area contributed by atoms with Crippen LogP contribution in [0.15, 0.2) is 12.1 Å². The van der Waals surface area contributed by atoms with Crippen molar-refractivity contribution in [1.29, 1.82) is 0 Å². The number of alkyl halides is 3. The van der Waals surface area contributed by atoms with Gasteiger partial charge >= 0.3 is 15.6 Å². The van der Waals surface area contributed by atoms with Crippen LogP contribution in [0, 0.1) is 0 Å². The first kappa shape index (κ1) is 14.4. The van der Waals surface area contributed by atoms with Crippen LogP contribution in [0.2, 0.25) is 5.02 Å². The van der Waals surface area contributed by atoms with Gasteiger partial charge in [-0.1, -0.05) is 11.6 Å². The van der Waals surface area contributed by atoms with Gasteiger partial charge in [-0.15, -0.1) is 0 Å². The molecule has 106 valence electrons. The highest BCUT2D eigenvalue weighted by Crippen LogP contribution is 2.34. The Morgan fingerprint density at radius 3 is 2.58 bits per heavy atom. The van der Waals surface area contributed by atoms with Gasteiger partial charge in [0.25, 0.3) is 0 Å². The van der Waals surface area contributed by atoms with Crippen LogP contribution in [0.4, 0.5) is 13.2 Å². The second-order valence-corrected chi connectivity index (χ2v) is 5.86. The summed E-state index contributed by atoms with van der Waals surface area (Å²) in [5, 5.41) is 3.30. The van der Waals surface area contributed by atoms with Gasteiger partial charge < -0.3 is 9.50 Å². The summed E-state index contributed by atoms with van der Waals surface area (Å²) in [7, 11) is -5.67. The Labute approximate surface area is 112 Å². The minimum atomic E-state index is -5.67. The first-order valence-electron chi connectivity index (χ1n) is 5.24. The van der Waals surface area contributed by atoms with Crippen molar-refractivity contribution in [3.63, 3.8) is 0 Å². The van der Waals surface area contributed by atoms with E-state index in [1.54, 1.807) is 0 Å². The lowest BCUT2D eigenvalue weighted by Gasteiger charge is -2.21. The standard InChI is InChI=1S/C10H9ClF3NO3S/c11-8-1-2-9(7-5-15-4-3-6(7)8)18-19(16,17)10(12,13)14/h1-2,15H,3-5H2. The number of nitrogens with one attached hydrogen (secondary N) is 1. The first-order valence-corrected chi connectivity index (χ1v) is 7.03. The van der Waals surface area contributed by atoms with E-state index in [9.17, 15) is 21.6 Å². The van der Waals surface area contributed by atoms with Crippen molar-refractivity contribution < 1.29 is 25.8 Å². The van der Waals surface area contributed by atoms with Gasteiger partial charge in [0.05, 0.1) is 0 Å². The fraction of sp³-hybridized carbons (Fsp3) is 0.400. The monoisotopic (exact) mass is 315 g/mol. The van der Waals surface area contributed by atoms with Crippen LogP contribution in [0.5, 0.6) is 5.75 Å². The van der Waals surface area contributed by atoms with E-state index in [0.29, 0.717) is 29.1 Å². The van der Waals surface area contributed by atoms with Crippen molar-refractivity contribution in [3.8, 4) is 5.75 Å². The number of hydrogen-bond donors (Lipinski definition) is 1. The van der Waals surface area contributed by atoms with E-state index in [4.69, 9.17) is 11.6 Å². The van der Waals surface area contributed by atoms with Crippen LogP contribution in [-0.2, 0) is 23.1 Å².